The molecule has 3 amide bonds. The van der Waals surface area contributed by atoms with E-state index in [1.54, 1.807) is 6.92 Å². The van der Waals surface area contributed by atoms with Crippen molar-refractivity contribution in [2.75, 3.05) is 33.7 Å². The standard InChI is InChI=1S/C34H55F3N4O5/c1-5-13-29(42)31(44)28(21-25-16-11-8-12-17-25)39-33(46)27(6-2)38-32(45)26(20-24-14-9-7-10-15-24)22-30(43)41(4)19-18-40(3)23-34(35,36)37/h7,9-10,14-15,25-29,31,42,44H,5-6,8,11-13,16-23H2,1-4H3,(H,38,45)(H,39,46)/t26-,27+,28+,29+,31-/m1/s1. The number of nitrogens with one attached hydrogen (secondary N) is 2. The van der Waals surface area contributed by atoms with Gasteiger partial charge in [-0.1, -0.05) is 82.7 Å². The first-order valence-electron chi connectivity index (χ1n) is 16.7. The van der Waals surface area contributed by atoms with E-state index in [1.807, 2.05) is 37.3 Å². The van der Waals surface area contributed by atoms with Gasteiger partial charge in [0.25, 0.3) is 0 Å². The summed E-state index contributed by atoms with van der Waals surface area (Å²) in [6.45, 7) is 2.64. The summed E-state index contributed by atoms with van der Waals surface area (Å²) >= 11 is 0. The summed E-state index contributed by atoms with van der Waals surface area (Å²) in [4.78, 5) is 42.7. The molecule has 4 N–H and O–H groups in total. The van der Waals surface area contributed by atoms with Gasteiger partial charge >= 0.3 is 6.18 Å². The average molecular weight is 657 g/mol. The molecule has 0 aromatic heterocycles. The lowest BCUT2D eigenvalue weighted by molar-refractivity contribution is -0.144. The minimum atomic E-state index is -4.35. The number of carbonyl (C=O) groups is 3. The van der Waals surface area contributed by atoms with Gasteiger partial charge < -0.3 is 25.7 Å². The minimum Gasteiger partial charge on any atom is -0.390 e. The number of hydrogen-bond donors (Lipinski definition) is 4. The molecule has 9 nitrogen and oxygen atoms in total. The second kappa shape index (κ2) is 19.8. The molecule has 1 aliphatic rings. The van der Waals surface area contributed by atoms with Crippen LogP contribution in [0.15, 0.2) is 30.3 Å². The smallest absolute Gasteiger partial charge is 0.390 e. The Morgan fingerprint density at radius 3 is 2.20 bits per heavy atom. The van der Waals surface area contributed by atoms with Crippen molar-refractivity contribution in [1.29, 1.82) is 0 Å². The zero-order chi connectivity index (χ0) is 34.3. The Balaban J connectivity index is 2.13. The zero-order valence-corrected chi connectivity index (χ0v) is 27.9. The number of nitrogens with zero attached hydrogens (tertiary/aromatic N) is 2. The normalized spacial score (nSPS) is 17.5. The molecule has 262 valence electrons. The molecule has 1 saturated carbocycles. The van der Waals surface area contributed by atoms with Crippen LogP contribution in [0.4, 0.5) is 13.2 Å². The van der Waals surface area contributed by atoms with E-state index < -0.39 is 60.7 Å². The minimum absolute atomic E-state index is 0.0101. The first kappa shape index (κ1) is 39.5. The first-order chi connectivity index (χ1) is 21.7. The maximum absolute atomic E-state index is 13.6. The summed E-state index contributed by atoms with van der Waals surface area (Å²) < 4.78 is 38.1. The van der Waals surface area contributed by atoms with E-state index in [0.29, 0.717) is 25.2 Å². The van der Waals surface area contributed by atoms with Crippen LogP contribution in [0.25, 0.3) is 0 Å². The van der Waals surface area contributed by atoms with E-state index in [1.165, 1.54) is 19.0 Å². The average Bonchev–Trinajstić information content (AvgIpc) is 3.01. The number of aliphatic hydroxyl groups is 2. The highest BCUT2D eigenvalue weighted by Gasteiger charge is 2.34. The lowest BCUT2D eigenvalue weighted by Crippen LogP contribution is -2.55. The highest BCUT2D eigenvalue weighted by atomic mass is 19.4. The number of alkyl halides is 3. The lowest BCUT2D eigenvalue weighted by Gasteiger charge is -2.33. The Morgan fingerprint density at radius 2 is 1.61 bits per heavy atom. The van der Waals surface area contributed by atoms with Crippen molar-refractivity contribution in [3.63, 3.8) is 0 Å². The van der Waals surface area contributed by atoms with E-state index >= 15 is 0 Å². The summed E-state index contributed by atoms with van der Waals surface area (Å²) in [5, 5.41) is 27.3. The van der Waals surface area contributed by atoms with E-state index in [-0.39, 0.29) is 32.4 Å². The fraction of sp³-hybridized carbons (Fsp3) is 0.735. The molecule has 0 saturated heterocycles. The molecule has 0 bridgehead atoms. The van der Waals surface area contributed by atoms with Crippen LogP contribution in [0.1, 0.15) is 83.6 Å². The third-order valence-corrected chi connectivity index (χ3v) is 8.88. The molecule has 5 atom stereocenters. The molecule has 1 aromatic rings. The SMILES string of the molecule is CCC[C@H](O)[C@H](O)[C@H](CC1CCCCC1)NC(=O)[C@H](CC)NC(=O)[C@@H](CC(=O)N(C)CCN(C)CC(F)(F)F)Cc1ccccc1. The zero-order valence-electron chi connectivity index (χ0n) is 27.9. The van der Waals surface area contributed by atoms with Crippen molar-refractivity contribution in [2.45, 2.75) is 115 Å². The van der Waals surface area contributed by atoms with E-state index in [0.717, 1.165) is 42.6 Å². The molecule has 0 radical (unpaired) electrons. The summed E-state index contributed by atoms with van der Waals surface area (Å²) in [5.74, 6) is -1.86. The van der Waals surface area contributed by atoms with Crippen LogP contribution in [0.3, 0.4) is 0 Å². The fourth-order valence-electron chi connectivity index (χ4n) is 6.08. The van der Waals surface area contributed by atoms with Crippen molar-refractivity contribution >= 4 is 17.7 Å². The van der Waals surface area contributed by atoms with E-state index in [2.05, 4.69) is 10.6 Å². The van der Waals surface area contributed by atoms with Crippen LogP contribution in [0, 0.1) is 11.8 Å². The third kappa shape index (κ3) is 14.4. The number of benzene rings is 1. The molecule has 2 rings (SSSR count). The number of carbonyl (C=O) groups excluding carboxylic acids is 3. The first-order valence-corrected chi connectivity index (χ1v) is 16.7. The van der Waals surface area contributed by atoms with Gasteiger partial charge in [-0.25, -0.2) is 0 Å². The van der Waals surface area contributed by atoms with Gasteiger partial charge in [-0.15, -0.1) is 0 Å². The molecule has 46 heavy (non-hydrogen) atoms. The Hall–Kier alpha value is -2.70. The lowest BCUT2D eigenvalue weighted by atomic mass is 9.82. The summed E-state index contributed by atoms with van der Waals surface area (Å²) in [6.07, 6.45) is 0.775. The molecule has 1 fully saturated rings. The summed E-state index contributed by atoms with van der Waals surface area (Å²) in [7, 11) is 2.82. The monoisotopic (exact) mass is 656 g/mol. The Kier molecular flexibility index (Phi) is 17.0. The third-order valence-electron chi connectivity index (χ3n) is 8.88. The number of halogens is 3. The van der Waals surface area contributed by atoms with Crippen molar-refractivity contribution < 1.29 is 37.8 Å². The molecule has 1 aliphatic carbocycles. The predicted molar refractivity (Wildman–Crippen MR) is 172 cm³/mol. The molecule has 0 heterocycles. The number of aliphatic hydroxyl groups excluding tert-OH is 2. The maximum Gasteiger partial charge on any atom is 0.401 e. The van der Waals surface area contributed by atoms with Crippen molar-refractivity contribution in [3.8, 4) is 0 Å². The van der Waals surface area contributed by atoms with Crippen LogP contribution >= 0.6 is 0 Å². The number of likely N-dealkylation sites (N-methyl/N-ethyl adjacent to an activating group) is 2. The van der Waals surface area contributed by atoms with Gasteiger partial charge in [0.15, 0.2) is 0 Å². The number of hydrogen-bond acceptors (Lipinski definition) is 6. The van der Waals surface area contributed by atoms with Gasteiger partial charge in [0.2, 0.25) is 17.7 Å². The van der Waals surface area contributed by atoms with Crippen LogP contribution in [0.2, 0.25) is 0 Å². The molecule has 12 heteroatoms. The van der Waals surface area contributed by atoms with Crippen LogP contribution in [-0.4, -0.2) is 102 Å². The highest BCUT2D eigenvalue weighted by molar-refractivity contribution is 5.91. The molecule has 0 aliphatic heterocycles. The van der Waals surface area contributed by atoms with Crippen LogP contribution in [-0.2, 0) is 20.8 Å². The van der Waals surface area contributed by atoms with Crippen LogP contribution < -0.4 is 10.6 Å². The van der Waals surface area contributed by atoms with Crippen molar-refractivity contribution in [3.05, 3.63) is 35.9 Å². The topological polar surface area (TPSA) is 122 Å². The Labute approximate surface area is 272 Å². The summed E-state index contributed by atoms with van der Waals surface area (Å²) in [5.41, 5.74) is 0.820. The highest BCUT2D eigenvalue weighted by Crippen LogP contribution is 2.29. The largest absolute Gasteiger partial charge is 0.401 e. The van der Waals surface area contributed by atoms with Gasteiger partial charge in [0, 0.05) is 26.6 Å². The number of rotatable bonds is 19. The maximum atomic E-state index is 13.6. The Morgan fingerprint density at radius 1 is 0.957 bits per heavy atom. The molecule has 0 unspecified atom stereocenters. The van der Waals surface area contributed by atoms with E-state index in [4.69, 9.17) is 0 Å². The van der Waals surface area contributed by atoms with Gasteiger partial charge in [0.1, 0.15) is 6.04 Å². The van der Waals surface area contributed by atoms with Crippen LogP contribution in [0.5, 0.6) is 0 Å². The van der Waals surface area contributed by atoms with Crippen molar-refractivity contribution in [2.24, 2.45) is 11.8 Å². The Bertz CT molecular complexity index is 1050. The molecular formula is C34H55F3N4O5. The second-order valence-corrected chi connectivity index (χ2v) is 12.9. The fourth-order valence-corrected chi connectivity index (χ4v) is 6.08. The summed E-state index contributed by atoms with van der Waals surface area (Å²) in [6, 6.07) is 7.55. The number of amides is 3. The molecular weight excluding hydrogens is 601 g/mol. The van der Waals surface area contributed by atoms with Gasteiger partial charge in [-0.2, -0.15) is 13.2 Å². The van der Waals surface area contributed by atoms with Crippen molar-refractivity contribution in [1.82, 2.24) is 20.4 Å². The molecule has 0 spiro atoms. The molecule has 1 aromatic carbocycles. The predicted octanol–water partition coefficient (Wildman–Crippen LogP) is 4.06. The second-order valence-electron chi connectivity index (χ2n) is 12.9. The van der Waals surface area contributed by atoms with Gasteiger partial charge in [0.05, 0.1) is 30.7 Å². The van der Waals surface area contributed by atoms with Gasteiger partial charge in [-0.05, 0) is 44.2 Å². The van der Waals surface area contributed by atoms with E-state index in [9.17, 15) is 37.8 Å². The van der Waals surface area contributed by atoms with Gasteiger partial charge in [-0.3, -0.25) is 19.3 Å². The quantitative estimate of drug-likeness (QED) is 0.178.